The van der Waals surface area contributed by atoms with Gasteiger partial charge in [0.2, 0.25) is 0 Å². The second-order valence-electron chi connectivity index (χ2n) is 3.02. The fourth-order valence-electron chi connectivity index (χ4n) is 1.39. The summed E-state index contributed by atoms with van der Waals surface area (Å²) < 4.78 is 0. The van der Waals surface area contributed by atoms with Crippen LogP contribution in [0.4, 0.5) is 0 Å². The van der Waals surface area contributed by atoms with Crippen molar-refractivity contribution in [3.8, 4) is 0 Å². The van der Waals surface area contributed by atoms with Crippen molar-refractivity contribution in [2.75, 3.05) is 0 Å². The van der Waals surface area contributed by atoms with Crippen LogP contribution >= 0.6 is 0 Å². The first-order valence-corrected chi connectivity index (χ1v) is 4.15. The molecule has 0 radical (unpaired) electrons. The van der Waals surface area contributed by atoms with E-state index >= 15 is 0 Å². The van der Waals surface area contributed by atoms with Gasteiger partial charge in [-0.15, -0.1) is 0 Å². The summed E-state index contributed by atoms with van der Waals surface area (Å²) >= 11 is 0. The van der Waals surface area contributed by atoms with E-state index in [9.17, 15) is 19.2 Å². The average Bonchev–Trinajstić information content (AvgIpc) is 2.10. The standard InChI is InChI=1S/C8H10O8.Ru/c1-2-3(4(9)10)8(5(11)12,6(13)14)7(15)16;/h3H,2H2,1H3,(H,9,10)(H,11,12)(H,13,14)(H,15,16);. The first-order valence-electron chi connectivity index (χ1n) is 4.15. The van der Waals surface area contributed by atoms with Gasteiger partial charge in [0.15, 0.2) is 0 Å². The van der Waals surface area contributed by atoms with Gasteiger partial charge in [-0.05, 0) is 6.42 Å². The predicted octanol–water partition coefficient (Wildman–Crippen LogP) is -0.665. The van der Waals surface area contributed by atoms with Gasteiger partial charge in [-0.3, -0.25) is 19.2 Å². The Morgan fingerprint density at radius 3 is 1.29 bits per heavy atom. The Bertz CT molecular complexity index is 313. The van der Waals surface area contributed by atoms with Gasteiger partial charge in [0, 0.05) is 19.5 Å². The molecular formula is C8H10O8Ru. The number of rotatable bonds is 6. The summed E-state index contributed by atoms with van der Waals surface area (Å²) in [6, 6.07) is 0. The third-order valence-electron chi connectivity index (χ3n) is 2.24. The molecule has 0 aliphatic carbocycles. The SMILES string of the molecule is CCC(C(=O)O)C(C(=O)O)(C(=O)O)C(=O)O.[Ru]. The maximum atomic E-state index is 10.8. The normalized spacial score (nSPS) is 12.1. The summed E-state index contributed by atoms with van der Waals surface area (Å²) in [5, 5.41) is 34.7. The minimum atomic E-state index is -3.36. The molecule has 0 fully saturated rings. The molecule has 0 aromatic heterocycles. The second kappa shape index (κ2) is 6.29. The van der Waals surface area contributed by atoms with Gasteiger partial charge in [0.1, 0.15) is 0 Å². The Balaban J connectivity index is 0. The summed E-state index contributed by atoms with van der Waals surface area (Å²) in [4.78, 5) is 43.1. The molecule has 0 spiro atoms. The van der Waals surface area contributed by atoms with Gasteiger partial charge in [-0.2, -0.15) is 0 Å². The van der Waals surface area contributed by atoms with Crippen LogP contribution in [-0.4, -0.2) is 44.3 Å². The van der Waals surface area contributed by atoms with Gasteiger partial charge < -0.3 is 20.4 Å². The molecule has 9 heteroatoms. The number of hydrogen-bond donors (Lipinski definition) is 4. The van der Waals surface area contributed by atoms with Crippen molar-refractivity contribution >= 4 is 23.9 Å². The summed E-state index contributed by atoms with van der Waals surface area (Å²) in [6.45, 7) is 1.20. The van der Waals surface area contributed by atoms with E-state index in [1.807, 2.05) is 0 Å². The number of hydrogen-bond acceptors (Lipinski definition) is 4. The molecule has 0 aliphatic rings. The monoisotopic (exact) mass is 336 g/mol. The second-order valence-corrected chi connectivity index (χ2v) is 3.02. The van der Waals surface area contributed by atoms with Crippen LogP contribution in [0.25, 0.3) is 0 Å². The Kier molecular flexibility index (Phi) is 6.62. The van der Waals surface area contributed by atoms with Crippen molar-refractivity contribution < 1.29 is 59.1 Å². The van der Waals surface area contributed by atoms with Crippen LogP contribution in [0, 0.1) is 11.3 Å². The van der Waals surface area contributed by atoms with Crippen LogP contribution in [0.1, 0.15) is 13.3 Å². The molecule has 1 atom stereocenters. The predicted molar refractivity (Wildman–Crippen MR) is 46.8 cm³/mol. The summed E-state index contributed by atoms with van der Waals surface area (Å²) in [5.74, 6) is -10.4. The van der Waals surface area contributed by atoms with Crippen LogP contribution in [0.3, 0.4) is 0 Å². The van der Waals surface area contributed by atoms with E-state index in [4.69, 9.17) is 20.4 Å². The van der Waals surface area contributed by atoms with E-state index in [0.29, 0.717) is 0 Å². The van der Waals surface area contributed by atoms with Crippen LogP contribution in [-0.2, 0) is 38.7 Å². The molecule has 0 bridgehead atoms. The summed E-state index contributed by atoms with van der Waals surface area (Å²) in [5.41, 5.74) is -3.36. The maximum absolute atomic E-state index is 10.8. The molecule has 0 rings (SSSR count). The van der Waals surface area contributed by atoms with E-state index in [0.717, 1.165) is 0 Å². The largest absolute Gasteiger partial charge is 0.481 e. The molecule has 1 unspecified atom stereocenters. The molecule has 17 heavy (non-hydrogen) atoms. The number of carboxylic acid groups (broad SMARTS) is 4. The van der Waals surface area contributed by atoms with Crippen molar-refractivity contribution in [3.05, 3.63) is 0 Å². The van der Waals surface area contributed by atoms with Crippen molar-refractivity contribution in [1.82, 2.24) is 0 Å². The average molecular weight is 335 g/mol. The van der Waals surface area contributed by atoms with Crippen LogP contribution in [0.15, 0.2) is 0 Å². The Labute approximate surface area is 108 Å². The third-order valence-corrected chi connectivity index (χ3v) is 2.24. The van der Waals surface area contributed by atoms with E-state index < -0.39 is 41.6 Å². The smallest absolute Gasteiger partial charge is 0.333 e. The molecule has 0 saturated carbocycles. The van der Waals surface area contributed by atoms with E-state index in [1.54, 1.807) is 0 Å². The molecule has 8 nitrogen and oxygen atoms in total. The van der Waals surface area contributed by atoms with Crippen molar-refractivity contribution in [3.63, 3.8) is 0 Å². The molecule has 0 saturated heterocycles. The quantitative estimate of drug-likeness (QED) is 0.369. The molecule has 0 aromatic rings. The first kappa shape index (κ1) is 17.9. The van der Waals surface area contributed by atoms with Crippen molar-refractivity contribution in [2.24, 2.45) is 11.3 Å². The van der Waals surface area contributed by atoms with E-state index in [2.05, 4.69) is 0 Å². The maximum Gasteiger partial charge on any atom is 0.333 e. The van der Waals surface area contributed by atoms with Gasteiger partial charge >= 0.3 is 23.9 Å². The van der Waals surface area contributed by atoms with Gasteiger partial charge in [0.25, 0.3) is 5.41 Å². The minimum absolute atomic E-state index is 0. The Morgan fingerprint density at radius 2 is 1.24 bits per heavy atom. The fourth-order valence-corrected chi connectivity index (χ4v) is 1.39. The zero-order chi connectivity index (χ0) is 13.1. The molecule has 0 heterocycles. The molecule has 0 aliphatic heterocycles. The van der Waals surface area contributed by atoms with Crippen LogP contribution in [0.2, 0.25) is 0 Å². The number of carbonyl (C=O) groups is 4. The minimum Gasteiger partial charge on any atom is -0.481 e. The van der Waals surface area contributed by atoms with Gasteiger partial charge in [-0.1, -0.05) is 6.92 Å². The third kappa shape index (κ3) is 2.79. The topological polar surface area (TPSA) is 149 Å². The first-order chi connectivity index (χ1) is 7.22. The fraction of sp³-hybridized carbons (Fsp3) is 0.500. The van der Waals surface area contributed by atoms with Crippen molar-refractivity contribution in [1.29, 1.82) is 0 Å². The van der Waals surface area contributed by atoms with Crippen molar-refractivity contribution in [2.45, 2.75) is 13.3 Å². The molecule has 98 valence electrons. The zero-order valence-corrected chi connectivity index (χ0v) is 10.3. The van der Waals surface area contributed by atoms with E-state index in [1.165, 1.54) is 6.92 Å². The van der Waals surface area contributed by atoms with Gasteiger partial charge in [0.05, 0.1) is 5.92 Å². The molecular weight excluding hydrogens is 325 g/mol. The summed E-state index contributed by atoms with van der Waals surface area (Å²) in [7, 11) is 0. The van der Waals surface area contributed by atoms with E-state index in [-0.39, 0.29) is 19.5 Å². The molecule has 4 N–H and O–H groups in total. The molecule has 0 aromatic carbocycles. The Morgan fingerprint density at radius 1 is 0.941 bits per heavy atom. The number of carboxylic acids is 4. The summed E-state index contributed by atoms with van der Waals surface area (Å²) in [6.07, 6.45) is -0.430. The zero-order valence-electron chi connectivity index (χ0n) is 8.56. The van der Waals surface area contributed by atoms with Crippen LogP contribution in [0.5, 0.6) is 0 Å². The number of aliphatic carboxylic acids is 4. The molecule has 0 amide bonds. The van der Waals surface area contributed by atoms with Gasteiger partial charge in [-0.25, -0.2) is 0 Å². The van der Waals surface area contributed by atoms with Crippen LogP contribution < -0.4 is 0 Å². The Hall–Kier alpha value is -1.50.